The van der Waals surface area contributed by atoms with Crippen LogP contribution in [0.1, 0.15) is 37.5 Å². The van der Waals surface area contributed by atoms with Crippen molar-refractivity contribution in [2.45, 2.75) is 38.1 Å². The molecule has 248 valence electrons. The van der Waals surface area contributed by atoms with E-state index in [1.807, 2.05) is 15.6 Å². The first kappa shape index (κ1) is 32.2. The van der Waals surface area contributed by atoms with Crippen molar-refractivity contribution < 1.29 is 35.5 Å². The lowest BCUT2D eigenvalue weighted by Gasteiger charge is -2.22. The van der Waals surface area contributed by atoms with Gasteiger partial charge in [-0.05, 0) is 49.6 Å². The highest BCUT2D eigenvalue weighted by atomic mass is 32.2. The summed E-state index contributed by atoms with van der Waals surface area (Å²) in [6.07, 6.45) is 1.32. The Balaban J connectivity index is 1.42. The summed E-state index contributed by atoms with van der Waals surface area (Å²) >= 11 is 0. The first-order valence-electron chi connectivity index (χ1n) is 14.7. The number of sulfonamides is 1. The Kier molecular flexibility index (Phi) is 8.57. The van der Waals surface area contributed by atoms with Gasteiger partial charge in [-0.1, -0.05) is 18.2 Å². The second kappa shape index (κ2) is 12.5. The molecule has 0 amide bonds. The van der Waals surface area contributed by atoms with Gasteiger partial charge in [-0.15, -0.1) is 0 Å². The molecule has 1 fully saturated rings. The number of benzene rings is 2. The summed E-state index contributed by atoms with van der Waals surface area (Å²) in [6, 6.07) is 9.91. The highest BCUT2D eigenvalue weighted by Crippen LogP contribution is 2.40. The molecule has 1 unspecified atom stereocenters. The van der Waals surface area contributed by atoms with Crippen molar-refractivity contribution in [1.82, 2.24) is 24.5 Å². The number of rotatable bonds is 9. The minimum absolute atomic E-state index is 0.0794. The number of aryl methyl sites for hydroxylation is 1. The summed E-state index contributed by atoms with van der Waals surface area (Å²) in [5.41, 5.74) is 9.73. The Labute approximate surface area is 267 Å². The van der Waals surface area contributed by atoms with E-state index in [4.69, 9.17) is 20.3 Å². The average molecular weight is 674 g/mol. The molecule has 11 nitrogen and oxygen atoms in total. The number of ether oxygens (including phenoxy) is 2. The molecule has 2 aromatic carbocycles. The van der Waals surface area contributed by atoms with Gasteiger partial charge in [0.1, 0.15) is 29.2 Å². The number of nitrogen functional groups attached to an aromatic ring is 1. The lowest BCUT2D eigenvalue weighted by atomic mass is 10.0. The van der Waals surface area contributed by atoms with E-state index < -0.39 is 33.9 Å². The van der Waals surface area contributed by atoms with Crippen molar-refractivity contribution >= 4 is 32.4 Å². The monoisotopic (exact) mass is 673 g/mol. The largest absolute Gasteiger partial charge is 0.484 e. The number of hydrogen-bond donors (Lipinski definition) is 2. The van der Waals surface area contributed by atoms with Crippen LogP contribution < -0.4 is 15.2 Å². The van der Waals surface area contributed by atoms with Crippen LogP contribution in [0.15, 0.2) is 61.1 Å². The van der Waals surface area contributed by atoms with Crippen molar-refractivity contribution in [2.75, 3.05) is 29.4 Å². The van der Waals surface area contributed by atoms with Gasteiger partial charge in [0.05, 0.1) is 28.8 Å². The number of hydrogen-bond acceptors (Lipinski definition) is 8. The second-order valence-corrected chi connectivity index (χ2v) is 13.0. The van der Waals surface area contributed by atoms with Gasteiger partial charge in [0.2, 0.25) is 10.0 Å². The number of aromatic nitrogens is 5. The Bertz CT molecular complexity index is 2020. The van der Waals surface area contributed by atoms with E-state index in [2.05, 4.69) is 10.1 Å². The molecule has 5 aromatic rings. The predicted octanol–water partition coefficient (Wildman–Crippen LogP) is 6.02. The summed E-state index contributed by atoms with van der Waals surface area (Å²) in [7, 11) is -3.11. The van der Waals surface area contributed by atoms with Crippen LogP contribution in [0.2, 0.25) is 0 Å². The topological polar surface area (TPSA) is 139 Å². The van der Waals surface area contributed by atoms with Crippen LogP contribution >= 0.6 is 0 Å². The van der Waals surface area contributed by atoms with Crippen molar-refractivity contribution in [2.24, 2.45) is 7.05 Å². The van der Waals surface area contributed by atoms with Crippen LogP contribution in [0.25, 0.3) is 33.3 Å². The Morgan fingerprint density at radius 1 is 1.11 bits per heavy atom. The Morgan fingerprint density at radius 3 is 2.53 bits per heavy atom. The first-order valence-corrected chi connectivity index (χ1v) is 16.3. The maximum absolute atomic E-state index is 13.5. The number of nitrogens with zero attached hydrogens (tertiary/aromatic N) is 5. The van der Waals surface area contributed by atoms with E-state index in [0.29, 0.717) is 40.9 Å². The highest BCUT2D eigenvalue weighted by molar-refractivity contribution is 7.92. The van der Waals surface area contributed by atoms with Gasteiger partial charge in [-0.2, -0.15) is 23.4 Å². The minimum atomic E-state index is -4.97. The zero-order valence-corrected chi connectivity index (χ0v) is 26.1. The maximum Gasteiger partial charge on any atom is 0.404 e. The number of alkyl halides is 3. The molecule has 0 aliphatic carbocycles. The fourth-order valence-corrected chi connectivity index (χ4v) is 6.64. The van der Waals surface area contributed by atoms with E-state index in [-0.39, 0.29) is 23.3 Å². The molecule has 1 aliphatic rings. The summed E-state index contributed by atoms with van der Waals surface area (Å²) in [6.45, 7) is 2.96. The molecule has 1 atom stereocenters. The number of nitrogens with two attached hydrogens (primary N) is 1. The zero-order valence-electron chi connectivity index (χ0n) is 25.3. The van der Waals surface area contributed by atoms with E-state index in [1.54, 1.807) is 31.0 Å². The summed E-state index contributed by atoms with van der Waals surface area (Å²) in [5, 5.41) is 9.80. The van der Waals surface area contributed by atoms with E-state index >= 15 is 0 Å². The van der Waals surface area contributed by atoms with Gasteiger partial charge in [-0.3, -0.25) is 14.1 Å². The first-order chi connectivity index (χ1) is 22.3. The Morgan fingerprint density at radius 2 is 1.83 bits per heavy atom. The molecule has 16 heteroatoms. The summed E-state index contributed by atoms with van der Waals surface area (Å²) in [5.74, 6) is -2.45. The van der Waals surface area contributed by atoms with Crippen LogP contribution in [0, 0.1) is 5.82 Å². The lowest BCUT2D eigenvalue weighted by molar-refractivity contribution is -0.106. The molecule has 6 rings (SSSR count). The van der Waals surface area contributed by atoms with Gasteiger partial charge in [0.25, 0.3) is 0 Å². The Hall–Kier alpha value is -4.70. The predicted molar refractivity (Wildman–Crippen MR) is 168 cm³/mol. The van der Waals surface area contributed by atoms with E-state index in [9.17, 15) is 26.0 Å². The van der Waals surface area contributed by atoms with Crippen LogP contribution in [0.3, 0.4) is 0 Å². The van der Waals surface area contributed by atoms with Gasteiger partial charge in [0, 0.05) is 49.3 Å². The molecule has 0 saturated carbocycles. The molecular weight excluding hydrogens is 642 g/mol. The normalized spacial score (nSPS) is 15.2. The molecule has 1 aliphatic heterocycles. The average Bonchev–Trinajstić information content (AvgIpc) is 3.64. The molecular formula is C31H31F4N7O4S. The third-order valence-corrected chi connectivity index (χ3v) is 9.12. The number of nitrogens with one attached hydrogen (secondary N) is 1. The van der Waals surface area contributed by atoms with Gasteiger partial charge in [0.15, 0.2) is 5.75 Å². The fraction of sp³-hybridized carbons (Fsp3) is 0.323. The van der Waals surface area contributed by atoms with E-state index in [0.717, 1.165) is 24.0 Å². The van der Waals surface area contributed by atoms with Crippen LogP contribution in [0.4, 0.5) is 29.1 Å². The van der Waals surface area contributed by atoms with Crippen LogP contribution in [-0.2, 0) is 21.8 Å². The molecule has 4 heterocycles. The third-order valence-electron chi connectivity index (χ3n) is 7.89. The molecule has 47 heavy (non-hydrogen) atoms. The van der Waals surface area contributed by atoms with Gasteiger partial charge < -0.3 is 15.2 Å². The molecule has 3 N–H and O–H groups in total. The van der Waals surface area contributed by atoms with Crippen LogP contribution in [0.5, 0.6) is 5.75 Å². The number of fused-ring (bicyclic) bond motifs is 1. The summed E-state index contributed by atoms with van der Waals surface area (Å²) < 4.78 is 94.6. The van der Waals surface area contributed by atoms with Crippen LogP contribution in [-0.4, -0.2) is 58.1 Å². The number of anilines is 2. The van der Waals surface area contributed by atoms with Crippen molar-refractivity contribution in [3.63, 3.8) is 0 Å². The summed E-state index contributed by atoms with van der Waals surface area (Å²) in [4.78, 5) is 4.43. The molecule has 0 bridgehead atoms. The van der Waals surface area contributed by atoms with E-state index in [1.165, 1.54) is 42.5 Å². The highest BCUT2D eigenvalue weighted by Gasteiger charge is 2.35. The van der Waals surface area contributed by atoms with Gasteiger partial charge >= 0.3 is 6.18 Å². The van der Waals surface area contributed by atoms with Crippen molar-refractivity contribution in [1.29, 1.82) is 0 Å². The number of pyridine rings is 1. The zero-order chi connectivity index (χ0) is 33.5. The minimum Gasteiger partial charge on any atom is -0.484 e. The molecule has 3 aromatic heterocycles. The maximum atomic E-state index is 13.5. The second-order valence-electron chi connectivity index (χ2n) is 11.3. The number of halogens is 4. The smallest absolute Gasteiger partial charge is 0.404 e. The quantitative estimate of drug-likeness (QED) is 0.181. The van der Waals surface area contributed by atoms with Crippen molar-refractivity contribution in [3.05, 3.63) is 72.4 Å². The van der Waals surface area contributed by atoms with Gasteiger partial charge in [-0.25, -0.2) is 17.8 Å². The molecule has 0 spiro atoms. The third kappa shape index (κ3) is 7.02. The molecule has 0 radical (unpaired) electrons. The lowest BCUT2D eigenvalue weighted by Crippen LogP contribution is -2.28. The molecule has 1 saturated heterocycles. The fourth-order valence-electron chi connectivity index (χ4n) is 5.64. The standard InChI is InChI=1S/C31H31F4N7O4S/c1-18(19-3-6-22(32)7-4-19)46-26-13-20(5-8-25(26)40-47(43,44)17-31(33,34)35)28-27-29(41(2)39-28)24(15-37-30(27)36)21-14-38-42(16-21)23-9-11-45-12-10-23/h3-8,13-16,18,23,40H,9-12,17H2,1-2H3,(H2,36,37). The van der Waals surface area contributed by atoms with Crippen molar-refractivity contribution in [3.8, 4) is 28.1 Å². The SMILES string of the molecule is CC(Oc1cc(-c2nn(C)c3c(-c4cnn(C5CCOCC5)c4)cnc(N)c23)ccc1NS(=O)(=O)CC(F)(F)F)c1ccc(F)cc1.